The number of carbonyl (C=O) groups is 2. The molecule has 0 saturated carbocycles. The second kappa shape index (κ2) is 7.49. The standard InChI is InChI=1S/C25H17NO4S/c1-14-10-11-18(17-7-3-2-6-16(14)17)23-22(25(28)29)15(13-31-23)12-20(27)24-26-19-8-4-5-9-21(19)30-24/h2-11,13H,12H2,1H3,(H,28,29). The Kier molecular flexibility index (Phi) is 4.64. The largest absolute Gasteiger partial charge is 0.478 e. The van der Waals surface area contributed by atoms with E-state index in [4.69, 9.17) is 4.42 Å². The molecule has 5 aromatic rings. The van der Waals surface area contributed by atoms with Crippen LogP contribution in [0.4, 0.5) is 0 Å². The second-order valence-corrected chi connectivity index (χ2v) is 8.21. The van der Waals surface area contributed by atoms with Crippen molar-refractivity contribution in [2.45, 2.75) is 13.3 Å². The summed E-state index contributed by atoms with van der Waals surface area (Å²) in [5.74, 6) is -1.41. The van der Waals surface area contributed by atoms with E-state index in [2.05, 4.69) is 4.98 Å². The number of para-hydroxylation sites is 2. The molecule has 0 atom stereocenters. The molecule has 0 fully saturated rings. The normalized spacial score (nSPS) is 11.3. The number of aromatic nitrogens is 1. The van der Waals surface area contributed by atoms with Gasteiger partial charge in [0.1, 0.15) is 5.52 Å². The van der Waals surface area contributed by atoms with E-state index in [0.717, 1.165) is 21.9 Å². The SMILES string of the molecule is Cc1ccc(-c2scc(CC(=O)c3nc4ccccc4o3)c2C(=O)O)c2ccccc12. The van der Waals surface area contributed by atoms with Crippen LogP contribution in [0.25, 0.3) is 32.3 Å². The number of benzene rings is 3. The lowest BCUT2D eigenvalue weighted by Crippen LogP contribution is -2.08. The molecule has 6 heteroatoms. The number of aryl methyl sites for hydroxylation is 1. The average Bonchev–Trinajstić information content (AvgIpc) is 3.38. The predicted molar refractivity (Wildman–Crippen MR) is 121 cm³/mol. The molecule has 31 heavy (non-hydrogen) atoms. The van der Waals surface area contributed by atoms with Gasteiger partial charge in [-0.05, 0) is 46.3 Å². The Bertz CT molecular complexity index is 1440. The molecule has 0 aliphatic rings. The number of carboxylic acid groups (broad SMARTS) is 1. The number of oxazole rings is 1. The number of fused-ring (bicyclic) bond motifs is 2. The van der Waals surface area contributed by atoms with E-state index in [1.54, 1.807) is 23.6 Å². The van der Waals surface area contributed by atoms with Crippen LogP contribution in [0.15, 0.2) is 70.5 Å². The van der Waals surface area contributed by atoms with Crippen LogP contribution in [-0.4, -0.2) is 21.8 Å². The monoisotopic (exact) mass is 427 g/mol. The zero-order valence-corrected chi connectivity index (χ0v) is 17.4. The van der Waals surface area contributed by atoms with Gasteiger partial charge in [0, 0.05) is 16.9 Å². The van der Waals surface area contributed by atoms with Crippen LogP contribution in [0, 0.1) is 6.92 Å². The van der Waals surface area contributed by atoms with Crippen LogP contribution in [-0.2, 0) is 6.42 Å². The van der Waals surface area contributed by atoms with Gasteiger partial charge in [0.2, 0.25) is 5.78 Å². The fourth-order valence-corrected chi connectivity index (χ4v) is 4.95. The Hall–Kier alpha value is -3.77. The van der Waals surface area contributed by atoms with Crippen molar-refractivity contribution in [3.63, 3.8) is 0 Å². The lowest BCUT2D eigenvalue weighted by molar-refractivity contribution is 0.0697. The Labute approximate surface area is 181 Å². The van der Waals surface area contributed by atoms with Crippen LogP contribution in [0.3, 0.4) is 0 Å². The van der Waals surface area contributed by atoms with Crippen LogP contribution in [0.1, 0.15) is 32.2 Å². The molecule has 2 heterocycles. The summed E-state index contributed by atoms with van der Waals surface area (Å²) in [6.45, 7) is 2.03. The first kappa shape index (κ1) is 19.2. The lowest BCUT2D eigenvalue weighted by Gasteiger charge is -2.09. The molecule has 5 nitrogen and oxygen atoms in total. The summed E-state index contributed by atoms with van der Waals surface area (Å²) < 4.78 is 5.56. The van der Waals surface area contributed by atoms with Crippen LogP contribution < -0.4 is 0 Å². The average molecular weight is 427 g/mol. The molecule has 5 rings (SSSR count). The minimum atomic E-state index is -1.05. The fourth-order valence-electron chi connectivity index (χ4n) is 3.84. The maximum Gasteiger partial charge on any atom is 0.337 e. The fraction of sp³-hybridized carbons (Fsp3) is 0.0800. The zero-order chi connectivity index (χ0) is 21.5. The molecule has 0 bridgehead atoms. The highest BCUT2D eigenvalue weighted by atomic mass is 32.1. The van der Waals surface area contributed by atoms with E-state index in [-0.39, 0.29) is 23.7 Å². The molecule has 0 aliphatic heterocycles. The number of carbonyl (C=O) groups excluding carboxylic acids is 1. The van der Waals surface area contributed by atoms with E-state index in [1.165, 1.54) is 11.3 Å². The highest BCUT2D eigenvalue weighted by Gasteiger charge is 2.24. The van der Waals surface area contributed by atoms with E-state index in [0.29, 0.717) is 21.5 Å². The topological polar surface area (TPSA) is 80.4 Å². The van der Waals surface area contributed by atoms with Gasteiger partial charge in [-0.2, -0.15) is 0 Å². The highest BCUT2D eigenvalue weighted by Crippen LogP contribution is 2.38. The lowest BCUT2D eigenvalue weighted by atomic mass is 9.96. The smallest absolute Gasteiger partial charge is 0.337 e. The number of Topliss-reactive ketones (excluding diaryl/α,β-unsaturated/α-hetero) is 1. The minimum absolute atomic E-state index is 0.00826. The first-order chi connectivity index (χ1) is 15.0. The number of carboxylic acids is 1. The Balaban J connectivity index is 1.57. The number of hydrogen-bond acceptors (Lipinski definition) is 5. The molecule has 0 amide bonds. The summed E-state index contributed by atoms with van der Waals surface area (Å²) in [4.78, 5) is 29.9. The predicted octanol–water partition coefficient (Wildman–Crippen LogP) is 6.14. The highest BCUT2D eigenvalue weighted by molar-refractivity contribution is 7.14. The molecule has 0 saturated heterocycles. The molecule has 0 radical (unpaired) electrons. The summed E-state index contributed by atoms with van der Waals surface area (Å²) >= 11 is 1.34. The van der Waals surface area contributed by atoms with Gasteiger partial charge in [0.15, 0.2) is 5.58 Å². The molecule has 0 unspecified atom stereocenters. The Morgan fingerprint density at radius 1 is 1.00 bits per heavy atom. The number of ketones is 1. The molecule has 152 valence electrons. The van der Waals surface area contributed by atoms with E-state index in [9.17, 15) is 14.7 Å². The third-order valence-electron chi connectivity index (χ3n) is 5.35. The molecule has 0 aliphatic carbocycles. The van der Waals surface area contributed by atoms with Gasteiger partial charge in [0.05, 0.1) is 5.56 Å². The molecule has 0 spiro atoms. The van der Waals surface area contributed by atoms with Crippen molar-refractivity contribution >= 4 is 45.0 Å². The summed E-state index contributed by atoms with van der Waals surface area (Å²) in [5, 5.41) is 13.8. The Morgan fingerprint density at radius 3 is 2.52 bits per heavy atom. The maximum atomic E-state index is 12.8. The molecule has 2 aromatic heterocycles. The van der Waals surface area contributed by atoms with Crippen molar-refractivity contribution in [2.24, 2.45) is 0 Å². The van der Waals surface area contributed by atoms with E-state index < -0.39 is 5.97 Å². The number of rotatable bonds is 5. The van der Waals surface area contributed by atoms with Gasteiger partial charge in [-0.3, -0.25) is 4.79 Å². The molecular formula is C25H17NO4S. The van der Waals surface area contributed by atoms with Crippen LogP contribution >= 0.6 is 11.3 Å². The van der Waals surface area contributed by atoms with Gasteiger partial charge in [-0.15, -0.1) is 11.3 Å². The van der Waals surface area contributed by atoms with Crippen LogP contribution in [0.2, 0.25) is 0 Å². The first-order valence-corrected chi connectivity index (χ1v) is 10.6. The zero-order valence-electron chi connectivity index (χ0n) is 16.6. The van der Waals surface area contributed by atoms with Crippen molar-refractivity contribution in [3.8, 4) is 10.4 Å². The molecular weight excluding hydrogens is 410 g/mol. The van der Waals surface area contributed by atoms with Crippen LogP contribution in [0.5, 0.6) is 0 Å². The molecule has 1 N–H and O–H groups in total. The molecule has 3 aromatic carbocycles. The van der Waals surface area contributed by atoms with Crippen molar-refractivity contribution in [1.82, 2.24) is 4.98 Å². The van der Waals surface area contributed by atoms with Crippen molar-refractivity contribution in [3.05, 3.63) is 88.6 Å². The summed E-state index contributed by atoms with van der Waals surface area (Å²) in [7, 11) is 0. The first-order valence-electron chi connectivity index (χ1n) is 9.74. The van der Waals surface area contributed by atoms with Crippen molar-refractivity contribution in [2.75, 3.05) is 0 Å². The number of aromatic carboxylic acids is 1. The number of thiophene rings is 1. The van der Waals surface area contributed by atoms with Gasteiger partial charge in [-0.1, -0.05) is 48.5 Å². The summed E-state index contributed by atoms with van der Waals surface area (Å²) in [6, 6.07) is 19.0. The maximum absolute atomic E-state index is 12.8. The third kappa shape index (κ3) is 3.31. The summed E-state index contributed by atoms with van der Waals surface area (Å²) in [6.07, 6.45) is -0.0885. The van der Waals surface area contributed by atoms with Gasteiger partial charge < -0.3 is 9.52 Å². The van der Waals surface area contributed by atoms with E-state index >= 15 is 0 Å². The van der Waals surface area contributed by atoms with Gasteiger partial charge >= 0.3 is 5.97 Å². The van der Waals surface area contributed by atoms with Gasteiger partial charge in [0.25, 0.3) is 5.89 Å². The second-order valence-electron chi connectivity index (χ2n) is 7.33. The van der Waals surface area contributed by atoms with Crippen molar-refractivity contribution in [1.29, 1.82) is 0 Å². The summed E-state index contributed by atoms with van der Waals surface area (Å²) in [5.41, 5.74) is 3.72. The number of nitrogens with zero attached hydrogens (tertiary/aromatic N) is 1. The quantitative estimate of drug-likeness (QED) is 0.341. The van der Waals surface area contributed by atoms with Crippen molar-refractivity contribution < 1.29 is 19.1 Å². The Morgan fingerprint density at radius 2 is 1.74 bits per heavy atom. The van der Waals surface area contributed by atoms with E-state index in [1.807, 2.05) is 49.4 Å². The minimum Gasteiger partial charge on any atom is -0.478 e. The third-order valence-corrected chi connectivity index (χ3v) is 6.41. The van der Waals surface area contributed by atoms with Gasteiger partial charge in [-0.25, -0.2) is 9.78 Å². The number of hydrogen-bond donors (Lipinski definition) is 1.